The molecule has 25 heavy (non-hydrogen) atoms. The third-order valence-corrected chi connectivity index (χ3v) is 3.71. The molecular formula is C18H20N2O5. The Morgan fingerprint density at radius 2 is 1.92 bits per heavy atom. The van der Waals surface area contributed by atoms with Crippen molar-refractivity contribution in [3.05, 3.63) is 70.3 Å². The smallest absolute Gasteiger partial charge is 0.329 e. The van der Waals surface area contributed by atoms with Gasteiger partial charge in [-0.1, -0.05) is 30.3 Å². The summed E-state index contributed by atoms with van der Waals surface area (Å²) in [5, 5.41) is 13.9. The number of rotatable bonds is 8. The molecule has 2 aromatic rings. The molecule has 0 amide bonds. The zero-order valence-corrected chi connectivity index (χ0v) is 14.1. The highest BCUT2D eigenvalue weighted by atomic mass is 16.6. The molecule has 0 aromatic heterocycles. The Bertz CT molecular complexity index is 735. The Morgan fingerprint density at radius 3 is 2.56 bits per heavy atom. The van der Waals surface area contributed by atoms with Crippen LogP contribution in [0.15, 0.2) is 54.6 Å². The number of hydrogen-bond donors (Lipinski definition) is 1. The van der Waals surface area contributed by atoms with Crippen LogP contribution in [0.1, 0.15) is 12.5 Å². The Labute approximate surface area is 145 Å². The third-order valence-electron chi connectivity index (χ3n) is 3.71. The van der Waals surface area contributed by atoms with E-state index in [1.54, 1.807) is 31.2 Å². The Balaban J connectivity index is 2.07. The van der Waals surface area contributed by atoms with Gasteiger partial charge in [0.15, 0.2) is 0 Å². The molecule has 0 aliphatic carbocycles. The number of nitrogens with one attached hydrogen (secondary N) is 1. The molecule has 0 radical (unpaired) electrons. The Hall–Kier alpha value is -2.93. The second-order valence-corrected chi connectivity index (χ2v) is 5.71. The molecule has 1 atom stereocenters. The van der Waals surface area contributed by atoms with Crippen LogP contribution in [0.4, 0.5) is 5.69 Å². The molecule has 132 valence electrons. The quantitative estimate of drug-likeness (QED) is 0.450. The fourth-order valence-corrected chi connectivity index (χ4v) is 2.23. The zero-order chi connectivity index (χ0) is 18.3. The van der Waals surface area contributed by atoms with Crippen LogP contribution in [0, 0.1) is 10.1 Å². The highest BCUT2D eigenvalue weighted by molar-refractivity contribution is 5.80. The van der Waals surface area contributed by atoms with Crippen molar-refractivity contribution in [3.8, 4) is 5.75 Å². The number of carbonyl (C=O) groups is 1. The first-order valence-corrected chi connectivity index (χ1v) is 7.69. The molecule has 0 heterocycles. The van der Waals surface area contributed by atoms with Crippen LogP contribution in [0.25, 0.3) is 0 Å². The van der Waals surface area contributed by atoms with Gasteiger partial charge in [0.1, 0.15) is 17.9 Å². The van der Waals surface area contributed by atoms with E-state index < -0.39 is 16.4 Å². The lowest BCUT2D eigenvalue weighted by Crippen LogP contribution is -2.54. The lowest BCUT2D eigenvalue weighted by atomic mass is 10.0. The number of esters is 1. The van der Waals surface area contributed by atoms with Crippen molar-refractivity contribution < 1.29 is 19.2 Å². The fraction of sp³-hybridized carbons (Fsp3) is 0.278. The number of nitrogens with zero attached hydrogens (tertiary/aromatic N) is 1. The summed E-state index contributed by atoms with van der Waals surface area (Å²) in [6, 6.07) is 15.3. The molecule has 2 aromatic carbocycles. The maximum absolute atomic E-state index is 12.2. The zero-order valence-electron chi connectivity index (χ0n) is 14.1. The van der Waals surface area contributed by atoms with Crippen LogP contribution in [-0.4, -0.2) is 30.1 Å². The second kappa shape index (κ2) is 8.25. The van der Waals surface area contributed by atoms with E-state index in [2.05, 4.69) is 5.32 Å². The molecule has 0 bridgehead atoms. The van der Waals surface area contributed by atoms with Gasteiger partial charge in [-0.2, -0.15) is 0 Å². The van der Waals surface area contributed by atoms with Crippen LogP contribution in [0.5, 0.6) is 5.75 Å². The largest absolute Gasteiger partial charge is 0.491 e. The number of nitro groups is 1. The van der Waals surface area contributed by atoms with E-state index in [1.165, 1.54) is 19.2 Å². The van der Waals surface area contributed by atoms with Gasteiger partial charge in [0.25, 0.3) is 5.69 Å². The normalized spacial score (nSPS) is 12.9. The molecule has 7 nitrogen and oxygen atoms in total. The van der Waals surface area contributed by atoms with Gasteiger partial charge < -0.3 is 9.47 Å². The molecule has 0 saturated carbocycles. The maximum atomic E-state index is 12.2. The molecule has 0 aliphatic heterocycles. The molecule has 2 rings (SSSR count). The van der Waals surface area contributed by atoms with Crippen molar-refractivity contribution >= 4 is 11.7 Å². The maximum Gasteiger partial charge on any atom is 0.329 e. The highest BCUT2D eigenvalue weighted by Gasteiger charge is 2.35. The summed E-state index contributed by atoms with van der Waals surface area (Å²) in [7, 11) is 1.30. The van der Waals surface area contributed by atoms with E-state index in [4.69, 9.17) is 9.47 Å². The van der Waals surface area contributed by atoms with E-state index in [-0.39, 0.29) is 18.8 Å². The number of non-ortho nitro benzene ring substituents is 1. The van der Waals surface area contributed by atoms with Gasteiger partial charge in [0.05, 0.1) is 12.0 Å². The van der Waals surface area contributed by atoms with E-state index in [0.717, 1.165) is 0 Å². The van der Waals surface area contributed by atoms with Gasteiger partial charge in [-0.3, -0.25) is 15.4 Å². The number of benzene rings is 2. The summed E-state index contributed by atoms with van der Waals surface area (Å²) >= 11 is 0. The summed E-state index contributed by atoms with van der Waals surface area (Å²) in [6.45, 7) is 1.98. The Kier molecular flexibility index (Phi) is 6.08. The van der Waals surface area contributed by atoms with Gasteiger partial charge >= 0.3 is 5.97 Å². The van der Waals surface area contributed by atoms with Crippen LogP contribution in [0.3, 0.4) is 0 Å². The Morgan fingerprint density at radius 1 is 1.20 bits per heavy atom. The minimum Gasteiger partial charge on any atom is -0.491 e. The number of methoxy groups -OCH3 is 1. The summed E-state index contributed by atoms with van der Waals surface area (Å²) in [5.74, 6) is 0.156. The number of hydrogen-bond acceptors (Lipinski definition) is 6. The van der Waals surface area contributed by atoms with Gasteiger partial charge in [-0.15, -0.1) is 0 Å². The third kappa shape index (κ3) is 5.02. The van der Waals surface area contributed by atoms with Crippen molar-refractivity contribution in [1.29, 1.82) is 0 Å². The molecule has 0 fully saturated rings. The molecular weight excluding hydrogens is 324 g/mol. The topological polar surface area (TPSA) is 90.7 Å². The van der Waals surface area contributed by atoms with Gasteiger partial charge in [-0.05, 0) is 24.6 Å². The number of carbonyl (C=O) groups excluding carboxylic acids is 1. The SMILES string of the molecule is COC(=O)C(C)(COc1ccccc1)NCc1cccc([N+](=O)[O-])c1. The molecule has 1 unspecified atom stereocenters. The van der Waals surface area contributed by atoms with Crippen molar-refractivity contribution in [2.45, 2.75) is 19.0 Å². The lowest BCUT2D eigenvalue weighted by molar-refractivity contribution is -0.384. The first kappa shape index (κ1) is 18.4. The van der Waals surface area contributed by atoms with E-state index in [0.29, 0.717) is 11.3 Å². The predicted molar refractivity (Wildman–Crippen MR) is 92.3 cm³/mol. The van der Waals surface area contributed by atoms with Gasteiger partial charge in [0, 0.05) is 18.7 Å². The molecule has 0 spiro atoms. The average Bonchev–Trinajstić information content (AvgIpc) is 2.65. The number of nitro benzene ring substituents is 1. The predicted octanol–water partition coefficient (Wildman–Crippen LogP) is 2.70. The van der Waals surface area contributed by atoms with Gasteiger partial charge in [0.2, 0.25) is 0 Å². The first-order valence-electron chi connectivity index (χ1n) is 7.69. The summed E-state index contributed by atoms with van der Waals surface area (Å²) in [6.07, 6.45) is 0. The van der Waals surface area contributed by atoms with Crippen molar-refractivity contribution in [1.82, 2.24) is 5.32 Å². The van der Waals surface area contributed by atoms with E-state index >= 15 is 0 Å². The average molecular weight is 344 g/mol. The fourth-order valence-electron chi connectivity index (χ4n) is 2.23. The minimum absolute atomic E-state index is 0.000364. The number of ether oxygens (including phenoxy) is 2. The van der Waals surface area contributed by atoms with Crippen LogP contribution in [0.2, 0.25) is 0 Å². The van der Waals surface area contributed by atoms with E-state index in [1.807, 2.05) is 18.2 Å². The molecule has 0 aliphatic rings. The monoisotopic (exact) mass is 344 g/mol. The molecule has 0 saturated heterocycles. The molecule has 1 N–H and O–H groups in total. The summed E-state index contributed by atoms with van der Waals surface area (Å²) in [5.41, 5.74) is -0.418. The number of para-hydroxylation sites is 1. The van der Waals surface area contributed by atoms with Crippen LogP contribution >= 0.6 is 0 Å². The van der Waals surface area contributed by atoms with E-state index in [9.17, 15) is 14.9 Å². The van der Waals surface area contributed by atoms with Crippen LogP contribution in [-0.2, 0) is 16.1 Å². The summed E-state index contributed by atoms with van der Waals surface area (Å²) in [4.78, 5) is 22.6. The first-order chi connectivity index (χ1) is 11.9. The highest BCUT2D eigenvalue weighted by Crippen LogP contribution is 2.16. The van der Waals surface area contributed by atoms with Crippen molar-refractivity contribution in [3.63, 3.8) is 0 Å². The van der Waals surface area contributed by atoms with Crippen LogP contribution < -0.4 is 10.1 Å². The van der Waals surface area contributed by atoms with Gasteiger partial charge in [-0.25, -0.2) is 4.79 Å². The second-order valence-electron chi connectivity index (χ2n) is 5.71. The minimum atomic E-state index is -1.10. The van der Waals surface area contributed by atoms with Crippen molar-refractivity contribution in [2.75, 3.05) is 13.7 Å². The standard InChI is InChI=1S/C18H20N2O5/c1-18(17(21)24-2,13-25-16-9-4-3-5-10-16)19-12-14-7-6-8-15(11-14)20(22)23/h3-11,19H,12-13H2,1-2H3. The molecule has 7 heteroatoms. The van der Waals surface area contributed by atoms with Crippen molar-refractivity contribution in [2.24, 2.45) is 0 Å². The summed E-state index contributed by atoms with van der Waals surface area (Å²) < 4.78 is 10.5. The lowest BCUT2D eigenvalue weighted by Gasteiger charge is -2.28.